The number of carbonyl (C=O) groups is 1. The molecular weight excluding hydrogens is 286 g/mol. The molecule has 1 aromatic rings. The highest BCUT2D eigenvalue weighted by Crippen LogP contribution is 2.48. The minimum atomic E-state index is -0.633. The summed E-state index contributed by atoms with van der Waals surface area (Å²) in [7, 11) is 0. The number of fused-ring (bicyclic) bond motifs is 2. The molecule has 0 aromatic heterocycles. The second-order valence-electron chi connectivity index (χ2n) is 6.73. The molecule has 4 unspecified atom stereocenters. The molecule has 1 saturated carbocycles. The largest absolute Gasteiger partial charge is 0.480 e. The van der Waals surface area contributed by atoms with E-state index in [1.54, 1.807) is 0 Å². The molecule has 1 N–H and O–H groups in total. The molecule has 4 rings (SSSR count). The first kappa shape index (κ1) is 13.6. The Morgan fingerprint density at radius 2 is 2.14 bits per heavy atom. The Hall–Kier alpha value is -1.06. The maximum Gasteiger partial charge on any atom is 0.321 e. The molecule has 0 radical (unpaired) electrons. The van der Waals surface area contributed by atoms with Crippen molar-refractivity contribution in [2.24, 2.45) is 11.8 Å². The monoisotopic (exact) mass is 305 g/mol. The van der Waals surface area contributed by atoms with E-state index in [0.29, 0.717) is 11.8 Å². The Kier molecular flexibility index (Phi) is 3.23. The van der Waals surface area contributed by atoms with E-state index in [-0.39, 0.29) is 12.1 Å². The van der Waals surface area contributed by atoms with Gasteiger partial charge in [0.15, 0.2) is 0 Å². The van der Waals surface area contributed by atoms with E-state index in [2.05, 4.69) is 11.0 Å². The topological polar surface area (TPSA) is 40.5 Å². The lowest BCUT2D eigenvalue weighted by atomic mass is 9.94. The predicted octanol–water partition coefficient (Wildman–Crippen LogP) is 3.51. The molecule has 0 amide bonds. The van der Waals surface area contributed by atoms with Crippen LogP contribution in [0.5, 0.6) is 0 Å². The quantitative estimate of drug-likeness (QED) is 0.909. The summed E-state index contributed by atoms with van der Waals surface area (Å²) in [5, 5.41) is 10.5. The van der Waals surface area contributed by atoms with Gasteiger partial charge in [-0.2, -0.15) is 0 Å². The van der Waals surface area contributed by atoms with Crippen molar-refractivity contribution in [3.8, 4) is 0 Å². The number of rotatable bonds is 2. The third-order valence-electron chi connectivity index (χ3n) is 5.73. The van der Waals surface area contributed by atoms with Crippen molar-refractivity contribution in [2.75, 3.05) is 6.54 Å². The maximum absolute atomic E-state index is 11.8. The molecule has 112 valence electrons. The van der Waals surface area contributed by atoms with E-state index in [1.165, 1.54) is 24.0 Å². The van der Waals surface area contributed by atoms with E-state index in [0.717, 1.165) is 30.8 Å². The van der Waals surface area contributed by atoms with E-state index < -0.39 is 5.97 Å². The summed E-state index contributed by atoms with van der Waals surface area (Å²) in [4.78, 5) is 14.1. The number of carboxylic acid groups (broad SMARTS) is 1. The number of nitrogens with zero attached hydrogens (tertiary/aromatic N) is 1. The van der Waals surface area contributed by atoms with Crippen molar-refractivity contribution in [3.05, 3.63) is 34.3 Å². The van der Waals surface area contributed by atoms with Crippen LogP contribution in [0.3, 0.4) is 0 Å². The lowest BCUT2D eigenvalue weighted by Gasteiger charge is -2.30. The van der Waals surface area contributed by atoms with Gasteiger partial charge in [0.05, 0.1) is 0 Å². The predicted molar refractivity (Wildman–Crippen MR) is 81.5 cm³/mol. The molecule has 3 aliphatic rings. The zero-order chi connectivity index (χ0) is 14.6. The van der Waals surface area contributed by atoms with E-state index in [9.17, 15) is 9.90 Å². The molecule has 1 aromatic carbocycles. The number of aryl methyl sites for hydroxylation is 1. The van der Waals surface area contributed by atoms with Gasteiger partial charge in [0.2, 0.25) is 0 Å². The molecule has 1 aliphatic heterocycles. The summed E-state index contributed by atoms with van der Waals surface area (Å²) < 4.78 is 0. The van der Waals surface area contributed by atoms with E-state index >= 15 is 0 Å². The molecule has 2 fully saturated rings. The average molecular weight is 306 g/mol. The highest BCUT2D eigenvalue weighted by Gasteiger charge is 2.50. The number of likely N-dealkylation sites (tertiary alicyclic amines) is 1. The Labute approximate surface area is 129 Å². The van der Waals surface area contributed by atoms with Gasteiger partial charge in [-0.25, -0.2) is 0 Å². The summed E-state index contributed by atoms with van der Waals surface area (Å²) in [6, 6.07) is 6.06. The fourth-order valence-electron chi connectivity index (χ4n) is 4.89. The van der Waals surface area contributed by atoms with Gasteiger partial charge in [0, 0.05) is 17.6 Å². The van der Waals surface area contributed by atoms with Crippen molar-refractivity contribution in [3.63, 3.8) is 0 Å². The fourth-order valence-corrected chi connectivity index (χ4v) is 5.09. The number of hydrogen-bond acceptors (Lipinski definition) is 2. The minimum Gasteiger partial charge on any atom is -0.480 e. The van der Waals surface area contributed by atoms with Gasteiger partial charge >= 0.3 is 5.97 Å². The molecule has 1 heterocycles. The van der Waals surface area contributed by atoms with Crippen molar-refractivity contribution in [1.29, 1.82) is 0 Å². The SMILES string of the molecule is O=C(O)C1C2CCCC2CN1C1CCc2cc(Cl)ccc21. The summed E-state index contributed by atoms with van der Waals surface area (Å²) in [6.07, 6.45) is 5.52. The summed E-state index contributed by atoms with van der Waals surface area (Å²) in [5.41, 5.74) is 2.60. The van der Waals surface area contributed by atoms with E-state index in [1.807, 2.05) is 12.1 Å². The van der Waals surface area contributed by atoms with Crippen LogP contribution < -0.4 is 0 Å². The Morgan fingerprint density at radius 3 is 2.95 bits per heavy atom. The van der Waals surface area contributed by atoms with Crippen LogP contribution in [0.25, 0.3) is 0 Å². The van der Waals surface area contributed by atoms with Crippen LogP contribution in [0.4, 0.5) is 0 Å². The van der Waals surface area contributed by atoms with E-state index in [4.69, 9.17) is 11.6 Å². The van der Waals surface area contributed by atoms with Gasteiger partial charge in [-0.15, -0.1) is 0 Å². The summed E-state index contributed by atoms with van der Waals surface area (Å²) in [5.74, 6) is 0.313. The fraction of sp³-hybridized carbons (Fsp3) is 0.588. The lowest BCUT2D eigenvalue weighted by Crippen LogP contribution is -2.41. The van der Waals surface area contributed by atoms with Crippen molar-refractivity contribution >= 4 is 17.6 Å². The highest BCUT2D eigenvalue weighted by molar-refractivity contribution is 6.30. The molecule has 0 bridgehead atoms. The highest BCUT2D eigenvalue weighted by atomic mass is 35.5. The van der Waals surface area contributed by atoms with Crippen molar-refractivity contribution in [1.82, 2.24) is 4.90 Å². The number of aliphatic carboxylic acids is 1. The first-order valence-electron chi connectivity index (χ1n) is 7.92. The zero-order valence-electron chi connectivity index (χ0n) is 12.0. The van der Waals surface area contributed by atoms with Gasteiger partial charge in [-0.3, -0.25) is 9.69 Å². The molecule has 4 atom stereocenters. The number of halogens is 1. The molecule has 1 saturated heterocycles. The van der Waals surface area contributed by atoms with Crippen LogP contribution in [0, 0.1) is 11.8 Å². The summed E-state index contributed by atoms with van der Waals surface area (Å²) in [6.45, 7) is 0.953. The third-order valence-corrected chi connectivity index (χ3v) is 5.97. The van der Waals surface area contributed by atoms with Gasteiger partial charge in [0.1, 0.15) is 6.04 Å². The van der Waals surface area contributed by atoms with Crippen LogP contribution in [-0.4, -0.2) is 28.6 Å². The first-order valence-corrected chi connectivity index (χ1v) is 8.30. The molecule has 21 heavy (non-hydrogen) atoms. The van der Waals surface area contributed by atoms with Crippen LogP contribution >= 0.6 is 11.6 Å². The molecular formula is C17H20ClNO2. The molecule has 2 aliphatic carbocycles. The van der Waals surface area contributed by atoms with Crippen LogP contribution in [0.15, 0.2) is 18.2 Å². The number of carboxylic acids is 1. The Balaban J connectivity index is 1.67. The van der Waals surface area contributed by atoms with Gasteiger partial charge in [0.25, 0.3) is 0 Å². The molecule has 0 spiro atoms. The van der Waals surface area contributed by atoms with Gasteiger partial charge < -0.3 is 5.11 Å². The standard InChI is InChI=1S/C17H20ClNO2/c18-12-5-6-13-10(8-12)4-7-15(13)19-9-11-2-1-3-14(11)16(19)17(20)21/h5-6,8,11,14-16H,1-4,7,9H2,(H,20,21). The number of benzene rings is 1. The zero-order valence-corrected chi connectivity index (χ0v) is 12.7. The second-order valence-corrected chi connectivity index (χ2v) is 7.17. The normalized spacial score (nSPS) is 34.9. The Morgan fingerprint density at radius 1 is 1.29 bits per heavy atom. The second kappa shape index (κ2) is 4.99. The molecule has 3 nitrogen and oxygen atoms in total. The lowest BCUT2D eigenvalue weighted by molar-refractivity contribution is -0.144. The van der Waals surface area contributed by atoms with Crippen LogP contribution in [0.1, 0.15) is 42.9 Å². The Bertz CT molecular complexity index is 588. The molecule has 4 heteroatoms. The van der Waals surface area contributed by atoms with Crippen LogP contribution in [0.2, 0.25) is 5.02 Å². The third kappa shape index (κ3) is 2.09. The first-order chi connectivity index (χ1) is 10.1. The smallest absolute Gasteiger partial charge is 0.321 e. The van der Waals surface area contributed by atoms with Crippen molar-refractivity contribution in [2.45, 2.75) is 44.2 Å². The maximum atomic E-state index is 11.8. The van der Waals surface area contributed by atoms with Crippen molar-refractivity contribution < 1.29 is 9.90 Å². The minimum absolute atomic E-state index is 0.268. The van der Waals surface area contributed by atoms with Gasteiger partial charge in [-0.1, -0.05) is 24.1 Å². The number of hydrogen-bond donors (Lipinski definition) is 1. The average Bonchev–Trinajstić information content (AvgIpc) is 3.08. The summed E-state index contributed by atoms with van der Waals surface area (Å²) >= 11 is 6.08. The van der Waals surface area contributed by atoms with Gasteiger partial charge in [-0.05, 0) is 60.8 Å². The van der Waals surface area contributed by atoms with Crippen LogP contribution in [-0.2, 0) is 11.2 Å².